The first-order valence-electron chi connectivity index (χ1n) is 5.63. The van der Waals surface area contributed by atoms with Gasteiger partial charge in [0.2, 0.25) is 0 Å². The molecule has 2 N–H and O–H groups in total. The van der Waals surface area contributed by atoms with Crippen LogP contribution in [0.4, 0.5) is 10.1 Å². The minimum atomic E-state index is -0.443. The average Bonchev–Trinajstić information content (AvgIpc) is 2.32. The topological polar surface area (TPSA) is 56.0 Å². The van der Waals surface area contributed by atoms with Gasteiger partial charge in [-0.3, -0.25) is 0 Å². The van der Waals surface area contributed by atoms with Gasteiger partial charge in [-0.15, -0.1) is 0 Å². The van der Waals surface area contributed by atoms with Crippen LogP contribution in [0.2, 0.25) is 0 Å². The van der Waals surface area contributed by atoms with E-state index in [0.29, 0.717) is 17.7 Å². The molecule has 3 nitrogen and oxygen atoms in total. The zero-order valence-electron chi connectivity index (χ0n) is 10.1. The normalized spacial score (nSPS) is 13.8. The van der Waals surface area contributed by atoms with E-state index in [2.05, 4.69) is 5.32 Å². The molecule has 0 aliphatic carbocycles. The summed E-state index contributed by atoms with van der Waals surface area (Å²) in [5.41, 5.74) is 0.319. The SMILES string of the molecule is CCC(C)(CCO)Nc1ccc(C#N)cc1F. The first kappa shape index (κ1) is 13.5. The maximum Gasteiger partial charge on any atom is 0.147 e. The highest BCUT2D eigenvalue weighted by atomic mass is 19.1. The second-order valence-corrected chi connectivity index (χ2v) is 4.32. The van der Waals surface area contributed by atoms with Gasteiger partial charge in [-0.2, -0.15) is 5.26 Å². The van der Waals surface area contributed by atoms with Gasteiger partial charge in [-0.1, -0.05) is 6.92 Å². The Balaban J connectivity index is 2.91. The van der Waals surface area contributed by atoms with Crippen LogP contribution in [0, 0.1) is 17.1 Å². The van der Waals surface area contributed by atoms with Gasteiger partial charge < -0.3 is 10.4 Å². The number of nitrogens with zero attached hydrogens (tertiary/aromatic N) is 1. The van der Waals surface area contributed by atoms with Gasteiger partial charge in [-0.25, -0.2) is 4.39 Å². The molecular weight excluding hydrogens is 219 g/mol. The summed E-state index contributed by atoms with van der Waals surface area (Å²) in [6.45, 7) is 3.96. The number of rotatable bonds is 5. The Hall–Kier alpha value is -1.60. The number of hydrogen-bond donors (Lipinski definition) is 2. The number of aliphatic hydroxyl groups is 1. The molecule has 0 radical (unpaired) electrons. The Bertz CT molecular complexity index is 428. The molecule has 0 heterocycles. The molecular formula is C13H17FN2O. The summed E-state index contributed by atoms with van der Waals surface area (Å²) in [6.07, 6.45) is 1.32. The van der Waals surface area contributed by atoms with Gasteiger partial charge in [0.05, 0.1) is 17.3 Å². The summed E-state index contributed by atoms with van der Waals surface area (Å²) >= 11 is 0. The molecule has 1 aromatic carbocycles. The van der Waals surface area contributed by atoms with Crippen LogP contribution in [0.15, 0.2) is 18.2 Å². The number of anilines is 1. The lowest BCUT2D eigenvalue weighted by Gasteiger charge is -2.30. The van der Waals surface area contributed by atoms with Gasteiger partial charge in [0, 0.05) is 12.1 Å². The van der Waals surface area contributed by atoms with Crippen LogP contribution in [-0.2, 0) is 0 Å². The minimum absolute atomic E-state index is 0.0508. The molecule has 0 saturated carbocycles. The van der Waals surface area contributed by atoms with E-state index in [1.807, 2.05) is 19.9 Å². The Kier molecular flexibility index (Phi) is 4.47. The van der Waals surface area contributed by atoms with Crippen molar-refractivity contribution in [2.45, 2.75) is 32.2 Å². The molecule has 0 fully saturated rings. The molecule has 1 rings (SSSR count). The van der Waals surface area contributed by atoms with Crippen molar-refractivity contribution in [3.8, 4) is 6.07 Å². The number of hydrogen-bond acceptors (Lipinski definition) is 3. The molecule has 1 atom stereocenters. The lowest BCUT2D eigenvalue weighted by molar-refractivity contribution is 0.251. The molecule has 17 heavy (non-hydrogen) atoms. The van der Waals surface area contributed by atoms with E-state index in [4.69, 9.17) is 10.4 Å². The molecule has 1 aromatic rings. The van der Waals surface area contributed by atoms with Gasteiger partial charge >= 0.3 is 0 Å². The Morgan fingerprint density at radius 2 is 2.24 bits per heavy atom. The van der Waals surface area contributed by atoms with Crippen molar-refractivity contribution >= 4 is 5.69 Å². The van der Waals surface area contributed by atoms with E-state index in [9.17, 15) is 4.39 Å². The summed E-state index contributed by atoms with van der Waals surface area (Å²) in [4.78, 5) is 0. The Morgan fingerprint density at radius 1 is 1.53 bits per heavy atom. The van der Waals surface area contributed by atoms with Crippen LogP contribution in [0.5, 0.6) is 0 Å². The predicted molar refractivity (Wildman–Crippen MR) is 65.1 cm³/mol. The van der Waals surface area contributed by atoms with Crippen LogP contribution < -0.4 is 5.32 Å². The maximum absolute atomic E-state index is 13.7. The fourth-order valence-corrected chi connectivity index (χ4v) is 1.59. The zero-order chi connectivity index (χ0) is 12.9. The Labute approximate surface area is 101 Å². The van der Waals surface area contributed by atoms with Crippen LogP contribution in [0.1, 0.15) is 32.3 Å². The summed E-state index contributed by atoms with van der Waals surface area (Å²) in [5, 5.41) is 20.7. The lowest BCUT2D eigenvalue weighted by atomic mass is 9.94. The van der Waals surface area contributed by atoms with Crippen LogP contribution in [0.25, 0.3) is 0 Å². The summed E-state index contributed by atoms with van der Waals surface area (Å²) in [5.74, 6) is -0.443. The number of nitrogens with one attached hydrogen (secondary N) is 1. The molecule has 1 unspecified atom stereocenters. The number of benzene rings is 1. The van der Waals surface area contributed by atoms with Gasteiger partial charge in [0.25, 0.3) is 0 Å². The summed E-state index contributed by atoms with van der Waals surface area (Å²) in [7, 11) is 0. The lowest BCUT2D eigenvalue weighted by Crippen LogP contribution is -2.35. The second kappa shape index (κ2) is 5.65. The minimum Gasteiger partial charge on any atom is -0.396 e. The van der Waals surface area contributed by atoms with Crippen molar-refractivity contribution in [1.29, 1.82) is 5.26 Å². The van der Waals surface area contributed by atoms with Crippen LogP contribution in [-0.4, -0.2) is 17.3 Å². The van der Waals surface area contributed by atoms with Gasteiger partial charge in [-0.05, 0) is 38.0 Å². The first-order chi connectivity index (χ1) is 8.04. The molecule has 0 saturated heterocycles. The number of halogens is 1. The predicted octanol–water partition coefficient (Wildman–Crippen LogP) is 2.66. The van der Waals surface area contributed by atoms with Crippen molar-refractivity contribution in [2.75, 3.05) is 11.9 Å². The summed E-state index contributed by atoms with van der Waals surface area (Å²) in [6, 6.07) is 6.22. The molecule has 0 amide bonds. The quantitative estimate of drug-likeness (QED) is 0.826. The van der Waals surface area contributed by atoms with E-state index < -0.39 is 5.82 Å². The standard InChI is InChI=1S/C13H17FN2O/c1-3-13(2,6-7-17)16-12-5-4-10(9-15)8-11(12)14/h4-5,8,16-17H,3,6-7H2,1-2H3. The number of nitriles is 1. The maximum atomic E-state index is 13.7. The molecule has 0 aliphatic rings. The van der Waals surface area contributed by atoms with Crippen molar-refractivity contribution < 1.29 is 9.50 Å². The van der Waals surface area contributed by atoms with Crippen molar-refractivity contribution in [3.05, 3.63) is 29.6 Å². The number of aliphatic hydroxyl groups excluding tert-OH is 1. The van der Waals surface area contributed by atoms with Gasteiger partial charge in [0.15, 0.2) is 0 Å². The fourth-order valence-electron chi connectivity index (χ4n) is 1.59. The average molecular weight is 236 g/mol. The third-order valence-electron chi connectivity index (χ3n) is 2.98. The molecule has 4 heteroatoms. The highest BCUT2D eigenvalue weighted by Gasteiger charge is 2.22. The van der Waals surface area contributed by atoms with Crippen LogP contribution in [0.3, 0.4) is 0 Å². The second-order valence-electron chi connectivity index (χ2n) is 4.32. The van der Waals surface area contributed by atoms with E-state index in [1.54, 1.807) is 12.1 Å². The van der Waals surface area contributed by atoms with E-state index >= 15 is 0 Å². The third-order valence-corrected chi connectivity index (χ3v) is 2.98. The molecule has 0 aromatic heterocycles. The molecule has 0 bridgehead atoms. The first-order valence-corrected chi connectivity index (χ1v) is 5.63. The van der Waals surface area contributed by atoms with Crippen LogP contribution >= 0.6 is 0 Å². The van der Waals surface area contributed by atoms with Gasteiger partial charge in [0.1, 0.15) is 5.82 Å². The molecule has 92 valence electrons. The van der Waals surface area contributed by atoms with Crippen molar-refractivity contribution in [2.24, 2.45) is 0 Å². The largest absolute Gasteiger partial charge is 0.396 e. The highest BCUT2D eigenvalue weighted by molar-refractivity contribution is 5.50. The smallest absolute Gasteiger partial charge is 0.147 e. The third kappa shape index (κ3) is 3.43. The molecule has 0 aliphatic heterocycles. The van der Waals surface area contributed by atoms with Crippen molar-refractivity contribution in [1.82, 2.24) is 0 Å². The van der Waals surface area contributed by atoms with Crippen molar-refractivity contribution in [3.63, 3.8) is 0 Å². The van der Waals surface area contributed by atoms with E-state index in [-0.39, 0.29) is 12.1 Å². The Morgan fingerprint density at radius 3 is 2.71 bits per heavy atom. The highest BCUT2D eigenvalue weighted by Crippen LogP contribution is 2.24. The fraction of sp³-hybridized carbons (Fsp3) is 0.462. The zero-order valence-corrected chi connectivity index (χ0v) is 10.1. The summed E-state index contributed by atoms with van der Waals surface area (Å²) < 4.78 is 13.7. The van der Waals surface area contributed by atoms with E-state index in [0.717, 1.165) is 6.42 Å². The molecule has 0 spiro atoms. The van der Waals surface area contributed by atoms with E-state index in [1.165, 1.54) is 6.07 Å². The monoisotopic (exact) mass is 236 g/mol.